The Morgan fingerprint density at radius 1 is 1.15 bits per heavy atom. The average molecular weight is 383 g/mol. The Labute approximate surface area is 145 Å². The number of rotatable bonds is 4. The van der Waals surface area contributed by atoms with E-state index in [0.717, 1.165) is 12.1 Å². The third kappa shape index (κ3) is 3.47. The molecule has 2 N–H and O–H groups in total. The SMILES string of the molecule is CC1(NC(=O)O)N=c2ccc(OS(=O)(=O)c3ccc(F)cc3F)cc2=N1. The topological polar surface area (TPSA) is 117 Å². The molecule has 0 bridgehead atoms. The van der Waals surface area contributed by atoms with E-state index in [9.17, 15) is 22.0 Å². The van der Waals surface area contributed by atoms with E-state index in [4.69, 9.17) is 9.29 Å². The van der Waals surface area contributed by atoms with Crippen LogP contribution in [0.2, 0.25) is 0 Å². The van der Waals surface area contributed by atoms with Gasteiger partial charge in [-0.2, -0.15) is 8.42 Å². The van der Waals surface area contributed by atoms with Crippen LogP contribution in [0, 0.1) is 11.6 Å². The first-order valence-corrected chi connectivity index (χ1v) is 8.49. The lowest BCUT2D eigenvalue weighted by molar-refractivity contribution is 0.182. The van der Waals surface area contributed by atoms with Crippen LogP contribution in [0.1, 0.15) is 6.92 Å². The van der Waals surface area contributed by atoms with E-state index in [-0.39, 0.29) is 11.1 Å². The maximum absolute atomic E-state index is 13.7. The maximum atomic E-state index is 13.7. The van der Waals surface area contributed by atoms with Crippen molar-refractivity contribution in [1.29, 1.82) is 0 Å². The van der Waals surface area contributed by atoms with E-state index < -0.39 is 38.5 Å². The zero-order valence-corrected chi connectivity index (χ0v) is 13.9. The zero-order valence-electron chi connectivity index (χ0n) is 13.1. The summed E-state index contributed by atoms with van der Waals surface area (Å²) < 4.78 is 55.8. The Balaban J connectivity index is 1.95. The first kappa shape index (κ1) is 17.7. The Kier molecular flexibility index (Phi) is 4.11. The average Bonchev–Trinajstić information content (AvgIpc) is 2.80. The highest BCUT2D eigenvalue weighted by atomic mass is 32.2. The number of carboxylic acid groups (broad SMARTS) is 1. The second-order valence-electron chi connectivity index (χ2n) is 5.44. The molecule has 0 fully saturated rings. The maximum Gasteiger partial charge on any atom is 0.408 e. The van der Waals surface area contributed by atoms with Gasteiger partial charge in [0, 0.05) is 19.1 Å². The molecule has 136 valence electrons. The lowest BCUT2D eigenvalue weighted by Crippen LogP contribution is -2.41. The highest BCUT2D eigenvalue weighted by molar-refractivity contribution is 7.87. The molecule has 0 aromatic heterocycles. The van der Waals surface area contributed by atoms with Crippen molar-refractivity contribution in [1.82, 2.24) is 5.32 Å². The molecule has 26 heavy (non-hydrogen) atoms. The summed E-state index contributed by atoms with van der Waals surface area (Å²) in [5.41, 5.74) is 0. The van der Waals surface area contributed by atoms with Crippen molar-refractivity contribution >= 4 is 16.2 Å². The smallest absolute Gasteiger partial charge is 0.408 e. The van der Waals surface area contributed by atoms with Crippen LogP contribution in [-0.4, -0.2) is 25.4 Å². The van der Waals surface area contributed by atoms with Crippen molar-refractivity contribution in [2.45, 2.75) is 17.6 Å². The molecule has 1 aliphatic heterocycles. The first-order valence-electron chi connectivity index (χ1n) is 7.08. The van der Waals surface area contributed by atoms with Gasteiger partial charge in [0.2, 0.25) is 5.79 Å². The third-order valence-corrected chi connectivity index (χ3v) is 4.62. The Morgan fingerprint density at radius 3 is 2.50 bits per heavy atom. The number of fused-ring (bicyclic) bond motifs is 1. The number of halogens is 2. The van der Waals surface area contributed by atoms with E-state index in [0.29, 0.717) is 11.4 Å². The van der Waals surface area contributed by atoms with E-state index in [2.05, 4.69) is 15.3 Å². The van der Waals surface area contributed by atoms with Gasteiger partial charge in [0.05, 0.1) is 10.7 Å². The minimum Gasteiger partial charge on any atom is -0.465 e. The van der Waals surface area contributed by atoms with Gasteiger partial charge in [0.15, 0.2) is 0 Å². The Hall–Kier alpha value is -3.08. The van der Waals surface area contributed by atoms with Gasteiger partial charge in [0.25, 0.3) is 0 Å². The molecule has 2 aromatic carbocycles. The molecule has 1 unspecified atom stereocenters. The number of hydrogen-bond acceptors (Lipinski definition) is 6. The van der Waals surface area contributed by atoms with E-state index in [1.165, 1.54) is 25.1 Å². The molecule has 11 heteroatoms. The summed E-state index contributed by atoms with van der Waals surface area (Å²) in [5, 5.41) is 11.4. The van der Waals surface area contributed by atoms with Crippen molar-refractivity contribution in [3.63, 3.8) is 0 Å². The second-order valence-corrected chi connectivity index (χ2v) is 6.95. The zero-order chi connectivity index (χ0) is 19.1. The quantitative estimate of drug-likeness (QED) is 0.762. The van der Waals surface area contributed by atoms with Gasteiger partial charge in [-0.05, 0) is 24.3 Å². The van der Waals surface area contributed by atoms with Crippen LogP contribution >= 0.6 is 0 Å². The van der Waals surface area contributed by atoms with E-state index in [1.54, 1.807) is 0 Å². The standard InChI is InChI=1S/C15H11F2N3O5S/c1-15(20-14(21)22)18-11-4-3-9(7-12(11)19-15)25-26(23,24)13-5-2-8(16)6-10(13)17/h2-7,20H,1H3,(H,21,22). The summed E-state index contributed by atoms with van der Waals surface area (Å²) in [7, 11) is -4.55. The monoisotopic (exact) mass is 383 g/mol. The summed E-state index contributed by atoms with van der Waals surface area (Å²) in [6, 6.07) is 5.81. The van der Waals surface area contributed by atoms with Gasteiger partial charge in [0.1, 0.15) is 22.3 Å². The van der Waals surface area contributed by atoms with E-state index in [1.807, 2.05) is 0 Å². The fourth-order valence-corrected chi connectivity index (χ4v) is 3.32. The molecule has 1 atom stereocenters. The second kappa shape index (κ2) is 6.02. The highest BCUT2D eigenvalue weighted by Crippen LogP contribution is 2.20. The molecular weight excluding hydrogens is 372 g/mol. The van der Waals surface area contributed by atoms with Crippen LogP contribution in [0.25, 0.3) is 0 Å². The number of amides is 1. The lowest BCUT2D eigenvalue weighted by Gasteiger charge is -2.16. The fourth-order valence-electron chi connectivity index (χ4n) is 2.34. The van der Waals surface area contributed by atoms with Crippen molar-refractivity contribution in [3.05, 3.63) is 58.7 Å². The van der Waals surface area contributed by atoms with Crippen molar-refractivity contribution in [2.24, 2.45) is 9.98 Å². The molecule has 0 saturated carbocycles. The van der Waals surface area contributed by atoms with Crippen LogP contribution < -0.4 is 20.2 Å². The largest absolute Gasteiger partial charge is 0.465 e. The molecule has 1 heterocycles. The van der Waals surface area contributed by atoms with Crippen LogP contribution in [-0.2, 0) is 10.1 Å². The number of carbonyl (C=O) groups is 1. The van der Waals surface area contributed by atoms with Crippen molar-refractivity contribution in [2.75, 3.05) is 0 Å². The normalized spacial score (nSPS) is 18.4. The summed E-state index contributed by atoms with van der Waals surface area (Å²) in [4.78, 5) is 18.1. The first-order chi connectivity index (χ1) is 12.1. The Bertz CT molecular complexity index is 1140. The molecule has 2 aromatic rings. The minimum absolute atomic E-state index is 0.188. The van der Waals surface area contributed by atoms with Crippen LogP contribution in [0.15, 0.2) is 51.3 Å². The van der Waals surface area contributed by atoms with Gasteiger partial charge in [-0.3, -0.25) is 5.32 Å². The molecule has 0 saturated heterocycles. The fraction of sp³-hybridized carbons (Fsp3) is 0.133. The predicted molar refractivity (Wildman–Crippen MR) is 82.5 cm³/mol. The lowest BCUT2D eigenvalue weighted by atomic mass is 10.3. The molecule has 0 aliphatic carbocycles. The molecule has 1 amide bonds. The molecule has 3 rings (SSSR count). The number of nitrogens with one attached hydrogen (secondary N) is 1. The molecule has 1 aliphatic rings. The summed E-state index contributed by atoms with van der Waals surface area (Å²) >= 11 is 0. The molecule has 0 radical (unpaired) electrons. The van der Waals surface area contributed by atoms with Gasteiger partial charge >= 0.3 is 16.2 Å². The van der Waals surface area contributed by atoms with Gasteiger partial charge < -0.3 is 9.29 Å². The number of hydrogen-bond donors (Lipinski definition) is 2. The summed E-state index contributed by atoms with van der Waals surface area (Å²) in [6.07, 6.45) is -1.33. The van der Waals surface area contributed by atoms with Gasteiger partial charge in [-0.1, -0.05) is 0 Å². The predicted octanol–water partition coefficient (Wildman–Crippen LogP) is 0.927. The third-order valence-electron chi connectivity index (χ3n) is 3.34. The van der Waals surface area contributed by atoms with Gasteiger partial charge in [-0.15, -0.1) is 0 Å². The van der Waals surface area contributed by atoms with E-state index >= 15 is 0 Å². The summed E-state index contributed by atoms with van der Waals surface area (Å²) in [6.45, 7) is 1.41. The highest BCUT2D eigenvalue weighted by Gasteiger charge is 2.28. The Morgan fingerprint density at radius 2 is 1.85 bits per heavy atom. The summed E-state index contributed by atoms with van der Waals surface area (Å²) in [5.74, 6) is -3.85. The minimum atomic E-state index is -4.55. The van der Waals surface area contributed by atoms with Crippen molar-refractivity contribution in [3.8, 4) is 5.75 Å². The number of benzene rings is 2. The van der Waals surface area contributed by atoms with Crippen molar-refractivity contribution < 1.29 is 31.3 Å². The van der Waals surface area contributed by atoms with Gasteiger partial charge in [-0.25, -0.2) is 23.6 Å². The van der Waals surface area contributed by atoms with Crippen LogP contribution in [0.4, 0.5) is 13.6 Å². The number of nitrogens with zero attached hydrogens (tertiary/aromatic N) is 2. The molecule has 0 spiro atoms. The van der Waals surface area contributed by atoms with Crippen LogP contribution in [0.3, 0.4) is 0 Å². The molecular formula is C15H11F2N3O5S. The van der Waals surface area contributed by atoms with Crippen LogP contribution in [0.5, 0.6) is 5.75 Å². The molecule has 8 nitrogen and oxygen atoms in total.